The predicted octanol–water partition coefficient (Wildman–Crippen LogP) is 3.29. The highest BCUT2D eigenvalue weighted by Crippen LogP contribution is 2.28. The molecule has 8 nitrogen and oxygen atoms in total. The van der Waals surface area contributed by atoms with Gasteiger partial charge in [-0.2, -0.15) is 8.42 Å². The summed E-state index contributed by atoms with van der Waals surface area (Å²) in [5, 5.41) is 0. The number of unbranched alkanes of at least 4 members (excludes halogenated alkanes) is 7. The van der Waals surface area contributed by atoms with Crippen LogP contribution in [0, 0.1) is 0 Å². The first-order chi connectivity index (χ1) is 14.4. The van der Waals surface area contributed by atoms with Gasteiger partial charge in [-0.25, -0.2) is 4.18 Å². The van der Waals surface area contributed by atoms with Crippen LogP contribution in [-0.2, 0) is 33.6 Å². The Morgan fingerprint density at radius 3 is 1.96 bits per heavy atom. The van der Waals surface area contributed by atoms with E-state index in [-0.39, 0.29) is 17.9 Å². The zero-order chi connectivity index (χ0) is 23.7. The summed E-state index contributed by atoms with van der Waals surface area (Å²) >= 11 is 0. The fourth-order valence-electron chi connectivity index (χ4n) is 3.03. The van der Waals surface area contributed by atoms with Crippen LogP contribution in [-0.4, -0.2) is 45.3 Å². The first-order valence-corrected chi connectivity index (χ1v) is 10.6. The summed E-state index contributed by atoms with van der Waals surface area (Å²) in [6, 6.07) is 0. The Balaban J connectivity index is 2.38. The lowest BCUT2D eigenvalue weighted by atomic mass is 9.89. The topological polar surface area (TPSA) is 116 Å². The average Bonchev–Trinajstić information content (AvgIpc) is 2.64. The first-order valence-electron chi connectivity index (χ1n) is 10.8. The minimum atomic E-state index is -4.36. The van der Waals surface area contributed by atoms with Crippen molar-refractivity contribution in [1.29, 1.82) is 0 Å². The molecule has 0 aromatic carbocycles. The van der Waals surface area contributed by atoms with E-state index in [1.54, 1.807) is 0 Å². The molecule has 1 aliphatic carbocycles. The second-order valence-electron chi connectivity index (χ2n) is 6.55. The van der Waals surface area contributed by atoms with Gasteiger partial charge >= 0.3 is 10.4 Å². The van der Waals surface area contributed by atoms with Crippen molar-refractivity contribution in [3.8, 4) is 0 Å². The molecule has 0 fully saturated rings. The molecular formula is C19H30O8S. The number of ether oxygens (including phenoxy) is 2. The maximum absolute atomic E-state index is 12.6. The van der Waals surface area contributed by atoms with E-state index < -0.39 is 34.8 Å². The Kier molecular flexibility index (Phi) is 8.39. The van der Waals surface area contributed by atoms with Gasteiger partial charge in [-0.05, 0) is 26.2 Å². The van der Waals surface area contributed by atoms with Crippen molar-refractivity contribution in [2.75, 3.05) is 20.8 Å². The van der Waals surface area contributed by atoms with Crippen molar-refractivity contribution in [2.45, 2.75) is 64.7 Å². The van der Waals surface area contributed by atoms with Crippen LogP contribution in [0.3, 0.4) is 0 Å². The second kappa shape index (κ2) is 12.0. The third kappa shape index (κ3) is 7.73. The van der Waals surface area contributed by atoms with Gasteiger partial charge in [-0.15, -0.1) is 0 Å². The van der Waals surface area contributed by atoms with Gasteiger partial charge in [0.1, 0.15) is 0 Å². The number of hydrogen-bond donors (Lipinski definition) is 1. The van der Waals surface area contributed by atoms with E-state index >= 15 is 0 Å². The molecule has 1 N–H and O–H groups in total. The van der Waals surface area contributed by atoms with Crippen LogP contribution in [0.2, 0.25) is 0 Å². The van der Waals surface area contributed by atoms with Crippen LogP contribution in [0.15, 0.2) is 22.7 Å². The highest BCUT2D eigenvalue weighted by Gasteiger charge is 2.34. The van der Waals surface area contributed by atoms with Gasteiger partial charge in [0.05, 0.1) is 24.9 Å². The normalized spacial score (nSPS) is 17.5. The number of carbonyl (C=O) groups is 2. The quantitative estimate of drug-likeness (QED) is 0.196. The summed E-state index contributed by atoms with van der Waals surface area (Å²) in [5.74, 6) is -2.12. The smallest absolute Gasteiger partial charge is 0.397 e. The van der Waals surface area contributed by atoms with Gasteiger partial charge in [0.15, 0.2) is 0 Å². The molecule has 0 heterocycles. The van der Waals surface area contributed by atoms with Crippen LogP contribution in [0.25, 0.3) is 0 Å². The van der Waals surface area contributed by atoms with Gasteiger partial charge in [0, 0.05) is 11.1 Å². The number of rotatable bonds is 14. The second-order valence-corrected chi connectivity index (χ2v) is 7.65. The van der Waals surface area contributed by atoms with E-state index in [0.29, 0.717) is 24.8 Å². The van der Waals surface area contributed by atoms with Crippen LogP contribution in [0.4, 0.5) is 0 Å². The van der Waals surface area contributed by atoms with Crippen molar-refractivity contribution < 1.29 is 40.3 Å². The molecule has 1 aliphatic rings. The van der Waals surface area contributed by atoms with Gasteiger partial charge in [0.25, 0.3) is 0 Å². The fraction of sp³-hybridized carbons (Fsp3) is 0.684. The summed E-state index contributed by atoms with van der Waals surface area (Å²) in [7, 11) is -6.03. The number of carbonyl (C=O) groups excluding carboxylic acids is 2. The van der Waals surface area contributed by atoms with Crippen LogP contribution < -0.4 is 0 Å². The van der Waals surface area contributed by atoms with E-state index in [0.717, 1.165) is 38.5 Å². The number of allylic oxidation sites excluding steroid dienone is 2. The third-order valence-electron chi connectivity index (χ3n) is 4.55. The molecule has 0 bridgehead atoms. The maximum Gasteiger partial charge on any atom is 0.397 e. The Labute approximate surface area is 171 Å². The van der Waals surface area contributed by atoms with E-state index in [4.69, 9.17) is 18.1 Å². The zero-order valence-electron chi connectivity index (χ0n) is 19.3. The average molecular weight is 423 g/mol. The van der Waals surface area contributed by atoms with Gasteiger partial charge in [0.2, 0.25) is 23.1 Å². The molecule has 0 saturated carbocycles. The molecule has 0 amide bonds. The van der Waals surface area contributed by atoms with E-state index in [1.165, 1.54) is 14.0 Å². The number of methoxy groups -OCH3 is 2. The van der Waals surface area contributed by atoms with E-state index in [1.807, 2.05) is 0 Å². The summed E-state index contributed by atoms with van der Waals surface area (Å²) in [6.07, 6.45) is 7.08. The molecule has 0 saturated heterocycles. The maximum atomic E-state index is 12.6. The summed E-state index contributed by atoms with van der Waals surface area (Å²) in [5.41, 5.74) is 0.496. The summed E-state index contributed by atoms with van der Waals surface area (Å²) in [4.78, 5) is 25.1. The molecule has 0 aromatic heterocycles. The standard InChI is InChI=1S/C19H30O8S/c1-14-15(17(21)19(26-3)18(25-2)16(14)20)12-10-8-6-4-5-7-9-11-13-27-28(22,23)24/h4-13H2,1-3H3,(H,22,23,24)/i2+1D3. The van der Waals surface area contributed by atoms with Crippen molar-refractivity contribution in [3.05, 3.63) is 22.7 Å². The first kappa shape index (κ1) is 19.6. The van der Waals surface area contributed by atoms with Crippen molar-refractivity contribution >= 4 is 22.0 Å². The van der Waals surface area contributed by atoms with Crippen molar-refractivity contribution in [1.82, 2.24) is 0 Å². The number of hydrogen-bond acceptors (Lipinski definition) is 7. The molecule has 28 heavy (non-hydrogen) atoms. The largest absolute Gasteiger partial charge is 0.489 e. The fourth-order valence-corrected chi connectivity index (χ4v) is 3.36. The van der Waals surface area contributed by atoms with Crippen molar-refractivity contribution in [2.24, 2.45) is 0 Å². The van der Waals surface area contributed by atoms with Crippen LogP contribution in [0.5, 0.6) is 0 Å². The molecule has 0 aromatic rings. The Hall–Kier alpha value is -1.71. The molecule has 0 atom stereocenters. The molecule has 0 spiro atoms. The lowest BCUT2D eigenvalue weighted by molar-refractivity contribution is -0.121. The zero-order valence-corrected chi connectivity index (χ0v) is 17.1. The molecule has 9 heteroatoms. The SMILES string of the molecule is [2H][13C]([2H])([2H])OC1=C(OC)C(=O)C(CCCCCCCCCCOS(=O)(=O)O)=C(C)C1=O. The van der Waals surface area contributed by atoms with E-state index in [2.05, 4.69) is 4.18 Å². The van der Waals surface area contributed by atoms with Crippen LogP contribution >= 0.6 is 0 Å². The molecule has 0 radical (unpaired) electrons. The van der Waals surface area contributed by atoms with Crippen LogP contribution in [0.1, 0.15) is 68.8 Å². The highest BCUT2D eigenvalue weighted by molar-refractivity contribution is 7.80. The van der Waals surface area contributed by atoms with Gasteiger partial charge < -0.3 is 9.47 Å². The minimum absolute atomic E-state index is 0.0307. The van der Waals surface area contributed by atoms with Crippen molar-refractivity contribution in [3.63, 3.8) is 0 Å². The summed E-state index contributed by atoms with van der Waals surface area (Å²) in [6.45, 7) is 1.45. The number of Topliss-reactive ketones (excluding diaryl/α,β-unsaturated/α-hetero) is 2. The molecular weight excluding hydrogens is 389 g/mol. The Morgan fingerprint density at radius 2 is 1.43 bits per heavy atom. The lowest BCUT2D eigenvalue weighted by Crippen LogP contribution is -2.25. The number of ketones is 2. The summed E-state index contributed by atoms with van der Waals surface area (Å²) < 4.78 is 64.7. The minimum Gasteiger partial charge on any atom is -0.489 e. The molecule has 1 rings (SSSR count). The molecule has 0 aliphatic heterocycles. The predicted molar refractivity (Wildman–Crippen MR) is 103 cm³/mol. The van der Waals surface area contributed by atoms with Gasteiger partial charge in [-0.3, -0.25) is 14.1 Å². The third-order valence-corrected chi connectivity index (χ3v) is 5.01. The molecule has 0 unspecified atom stereocenters. The highest BCUT2D eigenvalue weighted by atomic mass is 32.3. The lowest BCUT2D eigenvalue weighted by Gasteiger charge is -2.20. The monoisotopic (exact) mass is 422 g/mol. The van der Waals surface area contributed by atoms with E-state index in [9.17, 15) is 18.0 Å². The Bertz CT molecular complexity index is 812. The Morgan fingerprint density at radius 1 is 0.893 bits per heavy atom. The molecule has 160 valence electrons. The van der Waals surface area contributed by atoms with Gasteiger partial charge in [-0.1, -0.05) is 38.5 Å².